The number of carbonyl (C=O) groups excluding carboxylic acids is 1. The number of amides is 1. The first kappa shape index (κ1) is 13.4. The summed E-state index contributed by atoms with van der Waals surface area (Å²) in [5.74, 6) is 0.635. The highest BCUT2D eigenvalue weighted by molar-refractivity contribution is 5.94. The lowest BCUT2D eigenvalue weighted by Crippen LogP contribution is -2.26. The molecule has 0 saturated heterocycles. The van der Waals surface area contributed by atoms with Gasteiger partial charge in [-0.3, -0.25) is 4.79 Å². The summed E-state index contributed by atoms with van der Waals surface area (Å²) in [4.78, 5) is 12.0. The van der Waals surface area contributed by atoms with E-state index in [2.05, 4.69) is 5.32 Å². The van der Waals surface area contributed by atoms with Gasteiger partial charge in [0.1, 0.15) is 5.76 Å². The third-order valence-electron chi connectivity index (χ3n) is 2.97. The predicted molar refractivity (Wildman–Crippen MR) is 73.8 cm³/mol. The molecule has 0 aliphatic carbocycles. The molecule has 0 unspecified atom stereocenters. The summed E-state index contributed by atoms with van der Waals surface area (Å²) in [7, 11) is 0. The van der Waals surface area contributed by atoms with E-state index in [-0.39, 0.29) is 11.9 Å². The Morgan fingerprint density at radius 2 is 2.05 bits per heavy atom. The molecule has 19 heavy (non-hydrogen) atoms. The molecule has 1 atom stereocenters. The van der Waals surface area contributed by atoms with Crippen molar-refractivity contribution in [1.29, 1.82) is 0 Å². The Labute approximate surface area is 112 Å². The summed E-state index contributed by atoms with van der Waals surface area (Å²) in [5.41, 5.74) is 7.26. The fourth-order valence-electron chi connectivity index (χ4n) is 1.88. The van der Waals surface area contributed by atoms with E-state index in [0.29, 0.717) is 12.1 Å². The normalized spacial score (nSPS) is 12.1. The molecule has 100 valence electrons. The lowest BCUT2D eigenvalue weighted by Gasteiger charge is -2.11. The fourth-order valence-corrected chi connectivity index (χ4v) is 1.88. The maximum Gasteiger partial charge on any atom is 0.251 e. The van der Waals surface area contributed by atoms with Crippen LogP contribution in [-0.2, 0) is 6.42 Å². The van der Waals surface area contributed by atoms with Gasteiger partial charge in [-0.15, -0.1) is 0 Å². The van der Waals surface area contributed by atoms with Crippen molar-refractivity contribution < 1.29 is 9.21 Å². The highest BCUT2D eigenvalue weighted by Gasteiger charge is 2.13. The van der Waals surface area contributed by atoms with E-state index in [1.165, 1.54) is 0 Å². The van der Waals surface area contributed by atoms with Crippen molar-refractivity contribution in [2.24, 2.45) is 5.73 Å². The van der Waals surface area contributed by atoms with Gasteiger partial charge in [-0.1, -0.05) is 12.1 Å². The Kier molecular flexibility index (Phi) is 4.36. The highest BCUT2D eigenvalue weighted by Crippen LogP contribution is 2.13. The summed E-state index contributed by atoms with van der Waals surface area (Å²) >= 11 is 0. The van der Waals surface area contributed by atoms with Gasteiger partial charge >= 0.3 is 0 Å². The average molecular weight is 258 g/mol. The lowest BCUT2D eigenvalue weighted by molar-refractivity contribution is 0.0935. The van der Waals surface area contributed by atoms with Crippen LogP contribution in [0.4, 0.5) is 0 Å². The van der Waals surface area contributed by atoms with Gasteiger partial charge in [0.25, 0.3) is 5.91 Å². The van der Waals surface area contributed by atoms with E-state index in [0.717, 1.165) is 17.7 Å². The maximum atomic E-state index is 12.0. The largest absolute Gasteiger partial charge is 0.467 e. The van der Waals surface area contributed by atoms with Gasteiger partial charge in [0.15, 0.2) is 0 Å². The van der Waals surface area contributed by atoms with Crippen LogP contribution in [-0.4, -0.2) is 12.5 Å². The molecule has 3 N–H and O–H groups in total. The number of nitrogens with one attached hydrogen (secondary N) is 1. The molecule has 0 aliphatic heterocycles. The zero-order valence-corrected chi connectivity index (χ0v) is 10.9. The monoisotopic (exact) mass is 258 g/mol. The minimum atomic E-state index is -0.147. The van der Waals surface area contributed by atoms with Gasteiger partial charge in [-0.25, -0.2) is 0 Å². The fraction of sp³-hybridized carbons (Fsp3) is 0.267. The van der Waals surface area contributed by atoms with Gasteiger partial charge in [0.2, 0.25) is 0 Å². The van der Waals surface area contributed by atoms with Crippen LogP contribution in [0, 0.1) is 0 Å². The topological polar surface area (TPSA) is 68.3 Å². The van der Waals surface area contributed by atoms with Gasteiger partial charge < -0.3 is 15.5 Å². The standard InChI is InChI=1S/C15H18N2O2/c1-11(14-3-2-10-19-14)17-15(18)13-6-4-12(5-7-13)8-9-16/h2-7,10-11H,8-9,16H2,1H3,(H,17,18)/t11-/m0/s1. The van der Waals surface area contributed by atoms with Crippen LogP contribution in [0.3, 0.4) is 0 Å². The van der Waals surface area contributed by atoms with Crippen LogP contribution < -0.4 is 11.1 Å². The summed E-state index contributed by atoms with van der Waals surface area (Å²) in [6.07, 6.45) is 2.42. The Bertz CT molecular complexity index is 518. The third-order valence-corrected chi connectivity index (χ3v) is 2.97. The van der Waals surface area contributed by atoms with Gasteiger partial charge in [0.05, 0.1) is 12.3 Å². The zero-order valence-electron chi connectivity index (χ0n) is 10.9. The van der Waals surface area contributed by atoms with Crippen molar-refractivity contribution in [1.82, 2.24) is 5.32 Å². The molecule has 0 spiro atoms. The van der Waals surface area contributed by atoms with Crippen LogP contribution >= 0.6 is 0 Å². The van der Waals surface area contributed by atoms with Gasteiger partial charge in [-0.2, -0.15) is 0 Å². The molecule has 4 heteroatoms. The second-order valence-corrected chi connectivity index (χ2v) is 4.45. The summed E-state index contributed by atoms with van der Waals surface area (Å²) < 4.78 is 5.25. The molecule has 2 aromatic rings. The van der Waals surface area contributed by atoms with Crippen LogP contribution in [0.1, 0.15) is 34.6 Å². The highest BCUT2D eigenvalue weighted by atomic mass is 16.3. The third kappa shape index (κ3) is 3.45. The van der Waals surface area contributed by atoms with E-state index in [1.54, 1.807) is 12.3 Å². The van der Waals surface area contributed by atoms with Crippen LogP contribution in [0.5, 0.6) is 0 Å². The van der Waals surface area contributed by atoms with E-state index < -0.39 is 0 Å². The maximum absolute atomic E-state index is 12.0. The molecular formula is C15H18N2O2. The minimum absolute atomic E-state index is 0.108. The molecule has 0 fully saturated rings. The first-order chi connectivity index (χ1) is 9.20. The lowest BCUT2D eigenvalue weighted by atomic mass is 10.1. The number of furan rings is 1. The van der Waals surface area contributed by atoms with Crippen molar-refractivity contribution in [3.63, 3.8) is 0 Å². The van der Waals surface area contributed by atoms with Gasteiger partial charge in [-0.05, 0) is 49.7 Å². The second kappa shape index (κ2) is 6.20. The average Bonchev–Trinajstić information content (AvgIpc) is 2.94. The molecule has 2 rings (SSSR count). The molecule has 1 heterocycles. The Balaban J connectivity index is 1.99. The Hall–Kier alpha value is -2.07. The Morgan fingerprint density at radius 3 is 2.63 bits per heavy atom. The SMILES string of the molecule is C[C@H](NC(=O)c1ccc(CCN)cc1)c1ccco1. The predicted octanol–water partition coefficient (Wildman–Crippen LogP) is 2.27. The van der Waals surface area contributed by atoms with Crippen molar-refractivity contribution in [2.45, 2.75) is 19.4 Å². The Morgan fingerprint density at radius 1 is 1.32 bits per heavy atom. The molecule has 1 amide bonds. The number of carbonyl (C=O) groups is 1. The second-order valence-electron chi connectivity index (χ2n) is 4.45. The molecule has 1 aromatic heterocycles. The molecule has 0 aliphatic rings. The van der Waals surface area contributed by atoms with Crippen molar-refractivity contribution in [2.75, 3.05) is 6.54 Å². The van der Waals surface area contributed by atoms with E-state index >= 15 is 0 Å². The molecule has 1 aromatic carbocycles. The van der Waals surface area contributed by atoms with Crippen LogP contribution in [0.25, 0.3) is 0 Å². The van der Waals surface area contributed by atoms with Crippen molar-refractivity contribution >= 4 is 5.91 Å². The van der Waals surface area contributed by atoms with Gasteiger partial charge in [0, 0.05) is 5.56 Å². The van der Waals surface area contributed by atoms with Crippen molar-refractivity contribution in [3.05, 3.63) is 59.5 Å². The number of benzene rings is 1. The smallest absolute Gasteiger partial charge is 0.251 e. The number of hydrogen-bond acceptors (Lipinski definition) is 3. The minimum Gasteiger partial charge on any atom is -0.467 e. The number of nitrogens with two attached hydrogens (primary N) is 1. The van der Waals surface area contributed by atoms with E-state index in [9.17, 15) is 4.79 Å². The zero-order chi connectivity index (χ0) is 13.7. The number of hydrogen-bond donors (Lipinski definition) is 2. The summed E-state index contributed by atoms with van der Waals surface area (Å²) in [5, 5.41) is 2.89. The first-order valence-corrected chi connectivity index (χ1v) is 6.34. The quantitative estimate of drug-likeness (QED) is 0.864. The summed E-state index contributed by atoms with van der Waals surface area (Å²) in [6.45, 7) is 2.50. The van der Waals surface area contributed by atoms with E-state index in [1.807, 2.05) is 37.3 Å². The molecule has 4 nitrogen and oxygen atoms in total. The molecule has 0 bridgehead atoms. The van der Waals surface area contributed by atoms with Crippen LogP contribution in [0.2, 0.25) is 0 Å². The van der Waals surface area contributed by atoms with Crippen molar-refractivity contribution in [3.8, 4) is 0 Å². The molecular weight excluding hydrogens is 240 g/mol. The number of rotatable bonds is 5. The first-order valence-electron chi connectivity index (χ1n) is 6.34. The molecule has 0 saturated carbocycles. The molecule has 0 radical (unpaired) electrons. The van der Waals surface area contributed by atoms with Crippen LogP contribution in [0.15, 0.2) is 47.1 Å². The van der Waals surface area contributed by atoms with E-state index in [4.69, 9.17) is 10.2 Å². The summed E-state index contributed by atoms with van der Waals surface area (Å²) in [6, 6.07) is 11.0.